The van der Waals surface area contributed by atoms with Crippen LogP contribution in [0.3, 0.4) is 0 Å². The largest absolute Gasteiger partial charge is 0.477 e. The van der Waals surface area contributed by atoms with Crippen LogP contribution in [-0.2, 0) is 9.47 Å². The molecule has 1 amide bonds. The lowest BCUT2D eigenvalue weighted by atomic mass is 10.2. The maximum atomic E-state index is 12.0. The summed E-state index contributed by atoms with van der Waals surface area (Å²) in [7, 11) is 0. The molecule has 0 aromatic carbocycles. The van der Waals surface area contributed by atoms with Gasteiger partial charge in [0, 0.05) is 12.6 Å². The Labute approximate surface area is 122 Å². The molecular formula is C14H18N2O5. The van der Waals surface area contributed by atoms with Gasteiger partial charge in [-0.1, -0.05) is 6.07 Å². The zero-order chi connectivity index (χ0) is 15.2. The Morgan fingerprint density at radius 2 is 2.29 bits per heavy atom. The number of rotatable bonds is 6. The van der Waals surface area contributed by atoms with Crippen molar-refractivity contribution in [2.24, 2.45) is 0 Å². The Balaban J connectivity index is 1.85. The van der Waals surface area contributed by atoms with Gasteiger partial charge in [0.15, 0.2) is 0 Å². The van der Waals surface area contributed by atoms with E-state index in [1.807, 2.05) is 6.92 Å². The summed E-state index contributed by atoms with van der Waals surface area (Å²) in [5.41, 5.74) is -0.0828. The molecule has 2 N–H and O–H groups in total. The van der Waals surface area contributed by atoms with Crippen LogP contribution in [-0.4, -0.2) is 53.9 Å². The molecule has 2 atom stereocenters. The van der Waals surface area contributed by atoms with Crippen LogP contribution in [0.15, 0.2) is 18.2 Å². The highest BCUT2D eigenvalue weighted by atomic mass is 16.5. The molecule has 7 heteroatoms. The Bertz CT molecular complexity index is 514. The molecule has 0 saturated carbocycles. The molecule has 1 aromatic rings. The smallest absolute Gasteiger partial charge is 0.354 e. The van der Waals surface area contributed by atoms with Crippen LogP contribution in [0.2, 0.25) is 0 Å². The number of aromatic nitrogens is 1. The van der Waals surface area contributed by atoms with Crippen molar-refractivity contribution in [1.29, 1.82) is 0 Å². The van der Waals surface area contributed by atoms with Crippen LogP contribution < -0.4 is 5.32 Å². The van der Waals surface area contributed by atoms with Gasteiger partial charge in [0.25, 0.3) is 5.91 Å². The first-order valence-corrected chi connectivity index (χ1v) is 6.77. The number of ether oxygens (including phenoxy) is 2. The summed E-state index contributed by atoms with van der Waals surface area (Å²) >= 11 is 0. The SMILES string of the molecule is CC(COC1CCOC1)NC(=O)c1cccc(C(=O)O)n1. The molecule has 2 unspecified atom stereocenters. The predicted molar refractivity (Wildman–Crippen MR) is 73.3 cm³/mol. The van der Waals surface area contributed by atoms with Crippen LogP contribution in [0, 0.1) is 0 Å². The lowest BCUT2D eigenvalue weighted by Gasteiger charge is -2.16. The first-order chi connectivity index (χ1) is 10.1. The zero-order valence-electron chi connectivity index (χ0n) is 11.7. The summed E-state index contributed by atoms with van der Waals surface area (Å²) in [6.07, 6.45) is 0.945. The van der Waals surface area contributed by atoms with E-state index in [-0.39, 0.29) is 23.5 Å². The molecule has 21 heavy (non-hydrogen) atoms. The van der Waals surface area contributed by atoms with E-state index in [4.69, 9.17) is 14.6 Å². The van der Waals surface area contributed by atoms with Gasteiger partial charge >= 0.3 is 5.97 Å². The van der Waals surface area contributed by atoms with Gasteiger partial charge < -0.3 is 19.9 Å². The summed E-state index contributed by atoms with van der Waals surface area (Å²) < 4.78 is 10.8. The second-order valence-corrected chi connectivity index (χ2v) is 4.91. The van der Waals surface area contributed by atoms with E-state index in [1.165, 1.54) is 18.2 Å². The summed E-state index contributed by atoms with van der Waals surface area (Å²) in [5.74, 6) is -1.58. The van der Waals surface area contributed by atoms with E-state index in [9.17, 15) is 9.59 Å². The summed E-state index contributed by atoms with van der Waals surface area (Å²) in [6.45, 7) is 3.48. The molecule has 0 aliphatic carbocycles. The Morgan fingerprint density at radius 1 is 1.52 bits per heavy atom. The monoisotopic (exact) mass is 294 g/mol. The fourth-order valence-corrected chi connectivity index (χ4v) is 1.94. The zero-order valence-corrected chi connectivity index (χ0v) is 11.7. The summed E-state index contributed by atoms with van der Waals surface area (Å²) in [5, 5.41) is 11.6. The highest BCUT2D eigenvalue weighted by Crippen LogP contribution is 2.08. The molecular weight excluding hydrogens is 276 g/mol. The van der Waals surface area contributed by atoms with Crippen molar-refractivity contribution < 1.29 is 24.2 Å². The average Bonchev–Trinajstić information content (AvgIpc) is 2.98. The molecule has 1 saturated heterocycles. The maximum absolute atomic E-state index is 12.0. The minimum absolute atomic E-state index is 0.0750. The van der Waals surface area contributed by atoms with Gasteiger partial charge in [-0.25, -0.2) is 9.78 Å². The first kappa shape index (κ1) is 15.4. The van der Waals surface area contributed by atoms with Crippen LogP contribution in [0.1, 0.15) is 34.3 Å². The molecule has 1 aliphatic rings. The number of carbonyl (C=O) groups excluding carboxylic acids is 1. The average molecular weight is 294 g/mol. The molecule has 1 aliphatic heterocycles. The highest BCUT2D eigenvalue weighted by molar-refractivity contribution is 5.94. The molecule has 7 nitrogen and oxygen atoms in total. The number of hydrogen-bond acceptors (Lipinski definition) is 5. The lowest BCUT2D eigenvalue weighted by molar-refractivity contribution is 0.0318. The second-order valence-electron chi connectivity index (χ2n) is 4.91. The van der Waals surface area contributed by atoms with Crippen molar-refractivity contribution >= 4 is 11.9 Å². The molecule has 0 bridgehead atoms. The van der Waals surface area contributed by atoms with Crippen LogP contribution >= 0.6 is 0 Å². The van der Waals surface area contributed by atoms with Crippen LogP contribution in [0.25, 0.3) is 0 Å². The fourth-order valence-electron chi connectivity index (χ4n) is 1.94. The molecule has 2 rings (SSSR count). The Kier molecular flexibility index (Phi) is 5.24. The molecule has 1 fully saturated rings. The standard InChI is InChI=1S/C14H18N2O5/c1-9(7-21-10-5-6-20-8-10)15-13(17)11-3-2-4-12(16-11)14(18)19/h2-4,9-10H,5-8H2,1H3,(H,15,17)(H,18,19). The fraction of sp³-hybridized carbons (Fsp3) is 0.500. The van der Waals surface area contributed by atoms with Gasteiger partial charge in [0.1, 0.15) is 11.4 Å². The molecule has 2 heterocycles. The van der Waals surface area contributed by atoms with Gasteiger partial charge in [-0.2, -0.15) is 0 Å². The van der Waals surface area contributed by atoms with Gasteiger partial charge in [-0.05, 0) is 25.5 Å². The first-order valence-electron chi connectivity index (χ1n) is 6.77. The van der Waals surface area contributed by atoms with Crippen molar-refractivity contribution in [3.8, 4) is 0 Å². The Morgan fingerprint density at radius 3 is 2.95 bits per heavy atom. The van der Waals surface area contributed by atoms with E-state index in [1.54, 1.807) is 0 Å². The van der Waals surface area contributed by atoms with E-state index in [0.29, 0.717) is 19.8 Å². The molecule has 114 valence electrons. The van der Waals surface area contributed by atoms with E-state index < -0.39 is 11.9 Å². The number of aromatic carboxylic acids is 1. The van der Waals surface area contributed by atoms with Crippen molar-refractivity contribution in [2.45, 2.75) is 25.5 Å². The molecule has 1 aromatic heterocycles. The minimum atomic E-state index is -1.16. The number of carbonyl (C=O) groups is 2. The number of carboxylic acid groups (broad SMARTS) is 1. The number of pyridine rings is 1. The number of hydrogen-bond donors (Lipinski definition) is 2. The van der Waals surface area contributed by atoms with Crippen molar-refractivity contribution in [1.82, 2.24) is 10.3 Å². The van der Waals surface area contributed by atoms with Gasteiger partial charge in [-0.3, -0.25) is 4.79 Å². The summed E-state index contributed by atoms with van der Waals surface area (Å²) in [6, 6.07) is 4.10. The normalized spacial score (nSPS) is 19.2. The third-order valence-electron chi connectivity index (χ3n) is 3.05. The number of carboxylic acids is 1. The lowest BCUT2D eigenvalue weighted by Crippen LogP contribution is -2.37. The highest BCUT2D eigenvalue weighted by Gasteiger charge is 2.18. The van der Waals surface area contributed by atoms with Gasteiger partial charge in [0.2, 0.25) is 0 Å². The van der Waals surface area contributed by atoms with E-state index in [2.05, 4.69) is 10.3 Å². The van der Waals surface area contributed by atoms with E-state index in [0.717, 1.165) is 6.42 Å². The minimum Gasteiger partial charge on any atom is -0.477 e. The van der Waals surface area contributed by atoms with E-state index >= 15 is 0 Å². The summed E-state index contributed by atoms with van der Waals surface area (Å²) in [4.78, 5) is 26.6. The van der Waals surface area contributed by atoms with Crippen molar-refractivity contribution in [2.75, 3.05) is 19.8 Å². The predicted octanol–water partition coefficient (Wildman–Crippen LogP) is 0.704. The quantitative estimate of drug-likeness (QED) is 0.801. The maximum Gasteiger partial charge on any atom is 0.354 e. The number of amides is 1. The van der Waals surface area contributed by atoms with Gasteiger partial charge in [0.05, 0.1) is 19.3 Å². The second kappa shape index (κ2) is 7.14. The number of nitrogens with one attached hydrogen (secondary N) is 1. The van der Waals surface area contributed by atoms with Crippen LogP contribution in [0.5, 0.6) is 0 Å². The van der Waals surface area contributed by atoms with Crippen molar-refractivity contribution in [3.63, 3.8) is 0 Å². The van der Waals surface area contributed by atoms with Crippen LogP contribution in [0.4, 0.5) is 0 Å². The van der Waals surface area contributed by atoms with Crippen molar-refractivity contribution in [3.05, 3.63) is 29.6 Å². The number of nitrogens with zero attached hydrogens (tertiary/aromatic N) is 1. The Hall–Kier alpha value is -1.99. The molecule has 0 spiro atoms. The third kappa shape index (κ3) is 4.51. The van der Waals surface area contributed by atoms with Gasteiger partial charge in [-0.15, -0.1) is 0 Å². The third-order valence-corrected chi connectivity index (χ3v) is 3.05. The molecule has 0 radical (unpaired) electrons. The topological polar surface area (TPSA) is 97.8 Å².